The van der Waals surface area contributed by atoms with Crippen molar-refractivity contribution in [1.82, 2.24) is 0 Å². The van der Waals surface area contributed by atoms with E-state index in [1.807, 2.05) is 0 Å². The Kier molecular flexibility index (Phi) is 36.6. The molecule has 0 heterocycles. The average molecular weight is 737 g/mol. The van der Waals surface area contributed by atoms with Crippen molar-refractivity contribution in [2.24, 2.45) is 17.8 Å². The van der Waals surface area contributed by atoms with E-state index in [0.29, 0.717) is 19.3 Å². The molecule has 0 radical (unpaired) electrons. The van der Waals surface area contributed by atoms with Crippen molar-refractivity contribution in [2.45, 2.75) is 247 Å². The highest BCUT2D eigenvalue weighted by atomic mass is 16.6. The summed E-state index contributed by atoms with van der Waals surface area (Å²) in [5, 5.41) is 0. The van der Waals surface area contributed by atoms with E-state index in [9.17, 15) is 14.4 Å². The van der Waals surface area contributed by atoms with Gasteiger partial charge >= 0.3 is 17.9 Å². The summed E-state index contributed by atoms with van der Waals surface area (Å²) in [7, 11) is 0. The van der Waals surface area contributed by atoms with Crippen molar-refractivity contribution in [1.29, 1.82) is 0 Å². The molecule has 6 heteroatoms. The first kappa shape index (κ1) is 50.4. The first-order chi connectivity index (χ1) is 25.1. The fraction of sp³-hybridized carbons (Fsp3) is 0.935. The molecule has 6 nitrogen and oxygen atoms in total. The molecular weight excluding hydrogens is 648 g/mol. The van der Waals surface area contributed by atoms with Crippen LogP contribution in [0.15, 0.2) is 0 Å². The van der Waals surface area contributed by atoms with Crippen LogP contribution in [0.3, 0.4) is 0 Å². The van der Waals surface area contributed by atoms with E-state index < -0.39 is 6.10 Å². The van der Waals surface area contributed by atoms with Gasteiger partial charge < -0.3 is 14.2 Å². The summed E-state index contributed by atoms with van der Waals surface area (Å²) in [5.41, 5.74) is 0. The second-order valence-corrected chi connectivity index (χ2v) is 17.1. The largest absolute Gasteiger partial charge is 0.462 e. The van der Waals surface area contributed by atoms with E-state index >= 15 is 0 Å². The third-order valence-corrected chi connectivity index (χ3v) is 10.1. The Hall–Kier alpha value is -1.59. The van der Waals surface area contributed by atoms with Gasteiger partial charge in [0.1, 0.15) is 13.2 Å². The van der Waals surface area contributed by atoms with Gasteiger partial charge in [-0.2, -0.15) is 0 Å². The van der Waals surface area contributed by atoms with Crippen LogP contribution >= 0.6 is 0 Å². The maximum absolute atomic E-state index is 12.7. The number of hydrogen-bond acceptors (Lipinski definition) is 6. The number of esters is 3. The molecule has 0 unspecified atom stereocenters. The normalized spacial score (nSPS) is 12.2. The molecule has 0 aliphatic carbocycles. The lowest BCUT2D eigenvalue weighted by Crippen LogP contribution is -2.30. The van der Waals surface area contributed by atoms with Gasteiger partial charge in [0, 0.05) is 19.3 Å². The lowest BCUT2D eigenvalue weighted by Gasteiger charge is -2.18. The highest BCUT2D eigenvalue weighted by Crippen LogP contribution is 2.16. The van der Waals surface area contributed by atoms with Crippen LogP contribution in [0.1, 0.15) is 241 Å². The molecule has 0 fully saturated rings. The molecule has 1 atom stereocenters. The molecule has 0 aliphatic heterocycles. The van der Waals surface area contributed by atoms with Crippen LogP contribution in [0.25, 0.3) is 0 Å². The molecule has 0 N–H and O–H groups in total. The van der Waals surface area contributed by atoms with E-state index in [-0.39, 0.29) is 31.1 Å². The molecule has 0 aliphatic rings. The minimum absolute atomic E-state index is 0.0671. The van der Waals surface area contributed by atoms with Crippen molar-refractivity contribution in [2.75, 3.05) is 13.2 Å². The topological polar surface area (TPSA) is 78.9 Å². The van der Waals surface area contributed by atoms with Crippen LogP contribution in [0, 0.1) is 17.8 Å². The molecule has 52 heavy (non-hydrogen) atoms. The fourth-order valence-electron chi connectivity index (χ4n) is 6.70. The Morgan fingerprint density at radius 1 is 0.327 bits per heavy atom. The monoisotopic (exact) mass is 737 g/mol. The van der Waals surface area contributed by atoms with Crippen LogP contribution in [0.4, 0.5) is 0 Å². The molecule has 0 amide bonds. The lowest BCUT2D eigenvalue weighted by molar-refractivity contribution is -0.167. The van der Waals surface area contributed by atoms with Crippen molar-refractivity contribution >= 4 is 17.9 Å². The van der Waals surface area contributed by atoms with Crippen LogP contribution < -0.4 is 0 Å². The third-order valence-electron chi connectivity index (χ3n) is 10.1. The van der Waals surface area contributed by atoms with Gasteiger partial charge in [0.2, 0.25) is 0 Å². The van der Waals surface area contributed by atoms with Crippen molar-refractivity contribution < 1.29 is 28.6 Å². The molecule has 0 rings (SSSR count). The summed E-state index contributed by atoms with van der Waals surface area (Å²) in [5.74, 6) is 1.51. The van der Waals surface area contributed by atoms with Gasteiger partial charge in [-0.1, -0.05) is 202 Å². The van der Waals surface area contributed by atoms with Gasteiger partial charge in [-0.3, -0.25) is 14.4 Å². The molecule has 0 aromatic carbocycles. The summed E-state index contributed by atoms with van der Waals surface area (Å²) in [6.07, 6.45) is 34.0. The zero-order chi connectivity index (χ0) is 38.5. The van der Waals surface area contributed by atoms with E-state index in [4.69, 9.17) is 14.2 Å². The quantitative estimate of drug-likeness (QED) is 0.0355. The molecule has 0 spiro atoms. The van der Waals surface area contributed by atoms with Gasteiger partial charge in [-0.25, -0.2) is 0 Å². The Balaban J connectivity index is 4.29. The van der Waals surface area contributed by atoms with E-state index in [0.717, 1.165) is 75.5 Å². The second kappa shape index (κ2) is 37.7. The van der Waals surface area contributed by atoms with Crippen molar-refractivity contribution in [3.05, 3.63) is 0 Å². The molecule has 0 bridgehead atoms. The lowest BCUT2D eigenvalue weighted by atomic mass is 10.0. The summed E-state index contributed by atoms with van der Waals surface area (Å²) < 4.78 is 16.7. The van der Waals surface area contributed by atoms with E-state index in [1.165, 1.54) is 122 Å². The van der Waals surface area contributed by atoms with Crippen molar-refractivity contribution in [3.8, 4) is 0 Å². The number of carbonyl (C=O) groups is 3. The number of carbonyl (C=O) groups excluding carboxylic acids is 3. The Morgan fingerprint density at radius 2 is 0.558 bits per heavy atom. The zero-order valence-electron chi connectivity index (χ0n) is 35.6. The van der Waals surface area contributed by atoms with E-state index in [1.54, 1.807) is 0 Å². The minimum atomic E-state index is -0.762. The maximum atomic E-state index is 12.7. The molecule has 0 saturated heterocycles. The third kappa shape index (κ3) is 39.6. The van der Waals surface area contributed by atoms with Crippen LogP contribution in [0.5, 0.6) is 0 Å². The minimum Gasteiger partial charge on any atom is -0.462 e. The molecule has 0 aromatic rings. The summed E-state index contributed by atoms with van der Waals surface area (Å²) in [4.78, 5) is 37.6. The highest BCUT2D eigenvalue weighted by molar-refractivity contribution is 5.71. The van der Waals surface area contributed by atoms with Crippen molar-refractivity contribution in [3.63, 3.8) is 0 Å². The maximum Gasteiger partial charge on any atom is 0.306 e. The number of rotatable bonds is 39. The van der Waals surface area contributed by atoms with E-state index in [2.05, 4.69) is 41.5 Å². The predicted molar refractivity (Wildman–Crippen MR) is 219 cm³/mol. The van der Waals surface area contributed by atoms with Gasteiger partial charge in [0.05, 0.1) is 0 Å². The SMILES string of the molecule is CC(C)CCCCCCCCCCCCCCC(=O)OC[C@H](COC(=O)CCCCCCCCC(C)C)OC(=O)CCCCCCCCCC(C)C. The predicted octanol–water partition coefficient (Wildman–Crippen LogP) is 14.0. The zero-order valence-corrected chi connectivity index (χ0v) is 35.6. The van der Waals surface area contributed by atoms with Crippen LogP contribution in [-0.4, -0.2) is 37.2 Å². The molecule has 308 valence electrons. The van der Waals surface area contributed by atoms with Crippen LogP contribution in [-0.2, 0) is 28.6 Å². The standard InChI is InChI=1S/C46H88O6/c1-40(2)32-26-20-14-11-9-7-8-10-12-16-23-29-35-44(47)50-38-43(39-51-45(48)36-30-24-19-18-22-28-34-42(5)6)52-46(49)37-31-25-17-13-15-21-27-33-41(3)4/h40-43H,7-39H2,1-6H3/t43-/m1/s1. The Morgan fingerprint density at radius 3 is 0.827 bits per heavy atom. The van der Waals surface area contributed by atoms with Gasteiger partial charge in [0.25, 0.3) is 0 Å². The van der Waals surface area contributed by atoms with Gasteiger partial charge in [0.15, 0.2) is 6.10 Å². The number of unbranched alkanes of at least 4 members (excludes halogenated alkanes) is 22. The first-order valence-corrected chi connectivity index (χ1v) is 22.6. The van der Waals surface area contributed by atoms with Gasteiger partial charge in [-0.15, -0.1) is 0 Å². The fourth-order valence-corrected chi connectivity index (χ4v) is 6.70. The second-order valence-electron chi connectivity index (χ2n) is 17.1. The summed E-state index contributed by atoms with van der Waals surface area (Å²) in [6, 6.07) is 0. The molecular formula is C46H88O6. The summed E-state index contributed by atoms with van der Waals surface area (Å²) in [6.45, 7) is 13.6. The first-order valence-electron chi connectivity index (χ1n) is 22.6. The average Bonchev–Trinajstić information content (AvgIpc) is 3.09. The smallest absolute Gasteiger partial charge is 0.306 e. The molecule has 0 saturated carbocycles. The van der Waals surface area contributed by atoms with Crippen LogP contribution in [0.2, 0.25) is 0 Å². The highest BCUT2D eigenvalue weighted by Gasteiger charge is 2.19. The summed E-state index contributed by atoms with van der Waals surface area (Å²) >= 11 is 0. The number of ether oxygens (including phenoxy) is 3. The molecule has 0 aromatic heterocycles. The Bertz CT molecular complexity index is 807. The van der Waals surface area contributed by atoms with Gasteiger partial charge in [-0.05, 0) is 37.0 Å². The Labute approximate surface area is 323 Å². The number of hydrogen-bond donors (Lipinski definition) is 0.